The van der Waals surface area contributed by atoms with Crippen LogP contribution in [0.2, 0.25) is 5.02 Å². The maximum atomic E-state index is 11.4. The lowest BCUT2D eigenvalue weighted by Gasteiger charge is -2.20. The first-order valence-corrected chi connectivity index (χ1v) is 16.1. The molecule has 224 valence electrons. The fourth-order valence-electron chi connectivity index (χ4n) is 4.36. The van der Waals surface area contributed by atoms with Crippen molar-refractivity contribution < 1.29 is 13.2 Å². The number of aromatic nitrogens is 2. The maximum Gasteiger partial charge on any atom is 0.149 e. The van der Waals surface area contributed by atoms with Gasteiger partial charge in [0, 0.05) is 29.7 Å². The second kappa shape index (κ2) is 12.6. The molecule has 12 heteroatoms. The van der Waals surface area contributed by atoms with E-state index in [9.17, 15) is 8.42 Å². The SMILES string of the molecule is CC(C)(C)c1ccc(COc2ccc(Nc3ncnc4ccc(N5NNC=C5C=NCCS(C)(=O)=O)cc34)cc2Cl)cc1. The first-order valence-electron chi connectivity index (χ1n) is 13.7. The van der Waals surface area contributed by atoms with Crippen molar-refractivity contribution in [1.82, 2.24) is 20.9 Å². The zero-order valence-corrected chi connectivity index (χ0v) is 26.0. The van der Waals surface area contributed by atoms with Gasteiger partial charge in [0.2, 0.25) is 0 Å². The minimum Gasteiger partial charge on any atom is -0.487 e. The Morgan fingerprint density at radius 1 is 1.07 bits per heavy atom. The van der Waals surface area contributed by atoms with E-state index in [1.807, 2.05) is 30.3 Å². The molecule has 0 saturated carbocycles. The molecule has 1 aromatic heterocycles. The molecule has 0 radical (unpaired) electrons. The van der Waals surface area contributed by atoms with Gasteiger partial charge in [-0.1, -0.05) is 56.6 Å². The monoisotopic (exact) mass is 619 g/mol. The molecule has 0 unspecified atom stereocenters. The summed E-state index contributed by atoms with van der Waals surface area (Å²) in [4.78, 5) is 13.1. The number of ether oxygens (including phenoxy) is 1. The van der Waals surface area contributed by atoms with Gasteiger partial charge in [0.1, 0.15) is 34.3 Å². The third kappa shape index (κ3) is 7.81. The number of hydrogen-bond donors (Lipinski definition) is 3. The molecule has 0 fully saturated rings. The largest absolute Gasteiger partial charge is 0.487 e. The van der Waals surface area contributed by atoms with Crippen LogP contribution in [0.3, 0.4) is 0 Å². The van der Waals surface area contributed by atoms with Gasteiger partial charge in [-0.05, 0) is 52.9 Å². The molecule has 0 amide bonds. The van der Waals surface area contributed by atoms with Gasteiger partial charge in [-0.25, -0.2) is 18.4 Å². The van der Waals surface area contributed by atoms with E-state index in [0.29, 0.717) is 28.9 Å². The maximum absolute atomic E-state index is 11.4. The Balaban J connectivity index is 1.29. The molecule has 0 saturated heterocycles. The molecule has 0 spiro atoms. The third-order valence-electron chi connectivity index (χ3n) is 6.76. The second-order valence-corrected chi connectivity index (χ2v) is 13.9. The van der Waals surface area contributed by atoms with Crippen LogP contribution in [0.1, 0.15) is 31.9 Å². The Hall–Kier alpha value is -4.19. The number of anilines is 3. The van der Waals surface area contributed by atoms with E-state index in [0.717, 1.165) is 27.8 Å². The highest BCUT2D eigenvalue weighted by molar-refractivity contribution is 7.90. The summed E-state index contributed by atoms with van der Waals surface area (Å²) in [5.41, 5.74) is 11.5. The summed E-state index contributed by atoms with van der Waals surface area (Å²) in [6.45, 7) is 7.17. The van der Waals surface area contributed by atoms with E-state index in [1.54, 1.807) is 23.5 Å². The molecule has 1 aliphatic heterocycles. The number of sulfone groups is 1. The second-order valence-electron chi connectivity index (χ2n) is 11.3. The molecular weight excluding hydrogens is 586 g/mol. The standard InChI is InChI=1S/C31H34ClN7O3S/c1-31(2,3)22-7-5-21(6-8-22)19-42-29-12-9-23(15-27(29)32)37-30-26-16-24(10-11-28(26)34-20-35-30)39-25(18-36-38-39)17-33-13-14-43(4,40)41/h5-12,15-18,20,36,38H,13-14,19H2,1-4H3,(H,34,35,37). The molecule has 2 heterocycles. The van der Waals surface area contributed by atoms with Gasteiger partial charge in [0.25, 0.3) is 0 Å². The van der Waals surface area contributed by atoms with E-state index in [-0.39, 0.29) is 17.7 Å². The minimum absolute atomic E-state index is 0.0114. The lowest BCUT2D eigenvalue weighted by atomic mass is 9.87. The summed E-state index contributed by atoms with van der Waals surface area (Å²) in [5, 5.41) is 6.41. The van der Waals surface area contributed by atoms with E-state index < -0.39 is 9.84 Å². The number of hydrogen-bond acceptors (Lipinski definition) is 10. The van der Waals surface area contributed by atoms with Crippen LogP contribution >= 0.6 is 11.6 Å². The molecule has 43 heavy (non-hydrogen) atoms. The topological polar surface area (TPSA) is 121 Å². The fourth-order valence-corrected chi connectivity index (χ4v) is 5.03. The van der Waals surface area contributed by atoms with Gasteiger partial charge >= 0.3 is 0 Å². The molecule has 0 aliphatic carbocycles. The predicted octanol–water partition coefficient (Wildman–Crippen LogP) is 5.69. The molecule has 1 aliphatic rings. The summed E-state index contributed by atoms with van der Waals surface area (Å²) in [6.07, 6.45) is 6.06. The molecule has 5 rings (SSSR count). The molecule has 0 atom stereocenters. The van der Waals surface area contributed by atoms with Crippen LogP contribution in [0.5, 0.6) is 5.75 Å². The van der Waals surface area contributed by atoms with Crippen molar-refractivity contribution in [2.75, 3.05) is 28.9 Å². The summed E-state index contributed by atoms with van der Waals surface area (Å²) < 4.78 is 28.8. The van der Waals surface area contributed by atoms with Crippen molar-refractivity contribution >= 4 is 55.7 Å². The van der Waals surface area contributed by atoms with E-state index in [4.69, 9.17) is 16.3 Å². The number of nitrogens with zero attached hydrogens (tertiary/aromatic N) is 4. The molecule has 0 bridgehead atoms. The predicted molar refractivity (Wildman–Crippen MR) is 174 cm³/mol. The van der Waals surface area contributed by atoms with Crippen LogP contribution < -0.4 is 26.0 Å². The van der Waals surface area contributed by atoms with Crippen molar-refractivity contribution in [3.63, 3.8) is 0 Å². The summed E-state index contributed by atoms with van der Waals surface area (Å²) in [6, 6.07) is 19.7. The molecular formula is C31H34ClN7O3S. The summed E-state index contributed by atoms with van der Waals surface area (Å²) >= 11 is 6.60. The molecule has 10 nitrogen and oxygen atoms in total. The summed E-state index contributed by atoms with van der Waals surface area (Å²) in [5.74, 6) is 1.19. The Morgan fingerprint density at radius 2 is 1.86 bits per heavy atom. The van der Waals surface area contributed by atoms with Crippen molar-refractivity contribution in [2.45, 2.75) is 32.8 Å². The summed E-state index contributed by atoms with van der Waals surface area (Å²) in [7, 11) is -3.08. The van der Waals surface area contributed by atoms with E-state index >= 15 is 0 Å². The average Bonchev–Trinajstić information content (AvgIpc) is 3.43. The van der Waals surface area contributed by atoms with Crippen molar-refractivity contribution in [3.8, 4) is 5.75 Å². The van der Waals surface area contributed by atoms with Crippen LogP contribution in [0.25, 0.3) is 10.9 Å². The lowest BCUT2D eigenvalue weighted by Crippen LogP contribution is -2.37. The van der Waals surface area contributed by atoms with Crippen molar-refractivity contribution in [1.29, 1.82) is 0 Å². The zero-order valence-electron chi connectivity index (χ0n) is 24.4. The van der Waals surface area contributed by atoms with Crippen LogP contribution in [0, 0.1) is 0 Å². The third-order valence-corrected chi connectivity index (χ3v) is 7.97. The van der Waals surface area contributed by atoms with Gasteiger partial charge in [0.15, 0.2) is 0 Å². The quantitative estimate of drug-likeness (QED) is 0.192. The zero-order chi connectivity index (χ0) is 30.6. The number of allylic oxidation sites excluding steroid dienone is 1. The van der Waals surface area contributed by atoms with Crippen LogP contribution in [-0.4, -0.2) is 43.2 Å². The van der Waals surface area contributed by atoms with E-state index in [1.165, 1.54) is 18.1 Å². The lowest BCUT2D eigenvalue weighted by molar-refractivity contribution is 0.306. The molecule has 3 aromatic carbocycles. The van der Waals surface area contributed by atoms with Crippen LogP contribution in [-0.2, 0) is 21.9 Å². The molecule has 3 N–H and O–H groups in total. The van der Waals surface area contributed by atoms with Gasteiger partial charge in [-0.2, -0.15) is 0 Å². The number of benzene rings is 3. The highest BCUT2D eigenvalue weighted by Gasteiger charge is 2.17. The van der Waals surface area contributed by atoms with Gasteiger partial charge < -0.3 is 15.5 Å². The number of nitrogens with one attached hydrogen (secondary N) is 3. The number of fused-ring (bicyclic) bond motifs is 1. The highest BCUT2D eigenvalue weighted by atomic mass is 35.5. The van der Waals surface area contributed by atoms with Gasteiger partial charge in [-0.15, -0.1) is 5.53 Å². The number of aliphatic imine (C=N–C) groups is 1. The smallest absolute Gasteiger partial charge is 0.149 e. The Labute approximate surface area is 256 Å². The van der Waals surface area contributed by atoms with Gasteiger partial charge in [-0.3, -0.25) is 10.0 Å². The number of halogens is 1. The Bertz CT molecular complexity index is 1790. The Morgan fingerprint density at radius 3 is 2.58 bits per heavy atom. The normalized spacial score (nSPS) is 13.8. The van der Waals surface area contributed by atoms with Crippen molar-refractivity contribution in [2.24, 2.45) is 4.99 Å². The fraction of sp³-hybridized carbons (Fsp3) is 0.258. The minimum atomic E-state index is -3.08. The number of hydrazine groups is 2. The van der Waals surface area contributed by atoms with Crippen LogP contribution in [0.15, 0.2) is 83.9 Å². The highest BCUT2D eigenvalue weighted by Crippen LogP contribution is 2.32. The Kier molecular flexibility index (Phi) is 8.86. The van der Waals surface area contributed by atoms with Crippen molar-refractivity contribution in [3.05, 3.63) is 95.0 Å². The first-order chi connectivity index (χ1) is 20.5. The molecule has 4 aromatic rings. The first kappa shape index (κ1) is 30.3. The van der Waals surface area contributed by atoms with Crippen LogP contribution in [0.4, 0.5) is 17.2 Å². The number of rotatable bonds is 10. The van der Waals surface area contributed by atoms with E-state index in [2.05, 4.69) is 76.3 Å². The average molecular weight is 620 g/mol. The van der Waals surface area contributed by atoms with Gasteiger partial charge in [0.05, 0.1) is 34.2 Å².